The van der Waals surface area contributed by atoms with Crippen LogP contribution in [0.2, 0.25) is 0 Å². The van der Waals surface area contributed by atoms with Crippen molar-refractivity contribution in [3.8, 4) is 0 Å². The van der Waals surface area contributed by atoms with E-state index in [1.54, 1.807) is 24.0 Å². The third kappa shape index (κ3) is 3.50. The lowest BCUT2D eigenvalue weighted by atomic mass is 10.1. The van der Waals surface area contributed by atoms with Crippen LogP contribution >= 0.6 is 0 Å². The van der Waals surface area contributed by atoms with Gasteiger partial charge in [-0.05, 0) is 39.3 Å². The molecule has 0 radical (unpaired) electrons. The summed E-state index contributed by atoms with van der Waals surface area (Å²) in [4.78, 5) is 25.7. The average Bonchev–Trinajstić information content (AvgIpc) is 2.42. The summed E-state index contributed by atoms with van der Waals surface area (Å²) < 4.78 is 5.21. The van der Waals surface area contributed by atoms with Crippen molar-refractivity contribution in [2.45, 2.75) is 33.8 Å². The van der Waals surface area contributed by atoms with Crippen LogP contribution in [-0.4, -0.2) is 36.0 Å². The Bertz CT molecular complexity index is 496. The number of rotatable bonds is 5. The number of benzene rings is 1. The number of nitrogen functional groups attached to an aromatic ring is 1. The fourth-order valence-electron chi connectivity index (χ4n) is 1.93. The Morgan fingerprint density at radius 3 is 2.45 bits per heavy atom. The molecule has 110 valence electrons. The molecule has 1 amide bonds. The number of hydrogen-bond acceptors (Lipinski definition) is 4. The molecule has 0 aliphatic carbocycles. The summed E-state index contributed by atoms with van der Waals surface area (Å²) in [5.74, 6) is -0.770. The summed E-state index contributed by atoms with van der Waals surface area (Å²) in [5.41, 5.74) is 7.34. The maximum atomic E-state index is 12.1. The fourth-order valence-corrected chi connectivity index (χ4v) is 1.93. The molecule has 5 nitrogen and oxygen atoms in total. The third-order valence-electron chi connectivity index (χ3n) is 3.25. The topological polar surface area (TPSA) is 72.6 Å². The summed E-state index contributed by atoms with van der Waals surface area (Å²) in [6.45, 7) is 8.33. The molecule has 0 saturated carbocycles. The van der Waals surface area contributed by atoms with E-state index in [-0.39, 0.29) is 5.91 Å². The van der Waals surface area contributed by atoms with Crippen LogP contribution in [0.25, 0.3) is 0 Å². The smallest absolute Gasteiger partial charge is 0.341 e. The average molecular weight is 278 g/mol. The van der Waals surface area contributed by atoms with E-state index in [1.807, 2.05) is 26.8 Å². The monoisotopic (exact) mass is 278 g/mol. The number of nitrogens with zero attached hydrogens (tertiary/aromatic N) is 1. The van der Waals surface area contributed by atoms with Crippen molar-refractivity contribution in [1.29, 1.82) is 0 Å². The van der Waals surface area contributed by atoms with Crippen LogP contribution < -0.4 is 5.73 Å². The highest BCUT2D eigenvalue weighted by molar-refractivity contribution is 5.97. The van der Waals surface area contributed by atoms with Gasteiger partial charge in [0.05, 0.1) is 5.56 Å². The second kappa shape index (κ2) is 6.93. The van der Waals surface area contributed by atoms with Gasteiger partial charge in [-0.25, -0.2) is 4.79 Å². The molecule has 0 aromatic heterocycles. The van der Waals surface area contributed by atoms with E-state index < -0.39 is 12.1 Å². The van der Waals surface area contributed by atoms with Gasteiger partial charge in [-0.2, -0.15) is 0 Å². The highest BCUT2D eigenvalue weighted by Gasteiger charge is 2.23. The van der Waals surface area contributed by atoms with Crippen molar-refractivity contribution in [3.63, 3.8) is 0 Å². The minimum Gasteiger partial charge on any atom is -0.449 e. The van der Waals surface area contributed by atoms with Gasteiger partial charge in [0.25, 0.3) is 5.91 Å². The first-order chi connectivity index (χ1) is 9.42. The number of likely N-dealkylation sites (N-methyl/N-ethyl adjacent to an activating group) is 1. The molecule has 1 unspecified atom stereocenters. The number of carbonyl (C=O) groups excluding carboxylic acids is 2. The second-order valence-electron chi connectivity index (χ2n) is 4.59. The second-order valence-corrected chi connectivity index (χ2v) is 4.59. The van der Waals surface area contributed by atoms with Crippen molar-refractivity contribution >= 4 is 17.6 Å². The Morgan fingerprint density at radius 2 is 1.90 bits per heavy atom. The molecule has 1 aromatic rings. The van der Waals surface area contributed by atoms with Gasteiger partial charge in [-0.15, -0.1) is 0 Å². The molecule has 0 saturated heterocycles. The quantitative estimate of drug-likeness (QED) is 0.660. The normalized spacial score (nSPS) is 11.8. The molecule has 20 heavy (non-hydrogen) atoms. The molecule has 0 aliphatic heterocycles. The van der Waals surface area contributed by atoms with E-state index in [4.69, 9.17) is 10.5 Å². The zero-order valence-electron chi connectivity index (χ0n) is 12.5. The van der Waals surface area contributed by atoms with Crippen molar-refractivity contribution in [2.75, 3.05) is 18.8 Å². The van der Waals surface area contributed by atoms with Crippen molar-refractivity contribution < 1.29 is 14.3 Å². The lowest BCUT2D eigenvalue weighted by Gasteiger charge is -2.23. The number of amides is 1. The molecule has 0 fully saturated rings. The zero-order chi connectivity index (χ0) is 15.3. The zero-order valence-corrected chi connectivity index (χ0v) is 12.5. The predicted octanol–water partition coefficient (Wildman–Crippen LogP) is 1.99. The fraction of sp³-hybridized carbons (Fsp3) is 0.467. The Kier molecular flexibility index (Phi) is 5.55. The first kappa shape index (κ1) is 16.0. The molecule has 1 rings (SSSR count). The van der Waals surface area contributed by atoms with Gasteiger partial charge in [0.15, 0.2) is 6.10 Å². The van der Waals surface area contributed by atoms with E-state index in [9.17, 15) is 9.59 Å². The van der Waals surface area contributed by atoms with Gasteiger partial charge < -0.3 is 15.4 Å². The Morgan fingerprint density at radius 1 is 1.30 bits per heavy atom. The third-order valence-corrected chi connectivity index (χ3v) is 3.25. The summed E-state index contributed by atoms with van der Waals surface area (Å²) in [6, 6.07) is 5.15. The van der Waals surface area contributed by atoms with Crippen LogP contribution in [0.3, 0.4) is 0 Å². The van der Waals surface area contributed by atoms with Crippen molar-refractivity contribution in [2.24, 2.45) is 0 Å². The minimum absolute atomic E-state index is 0.199. The van der Waals surface area contributed by atoms with Crippen LogP contribution in [-0.2, 0) is 9.53 Å². The Hall–Kier alpha value is -2.04. The number of aryl methyl sites for hydroxylation is 1. The van der Waals surface area contributed by atoms with Gasteiger partial charge in [0, 0.05) is 18.8 Å². The highest BCUT2D eigenvalue weighted by Crippen LogP contribution is 2.18. The molecular weight excluding hydrogens is 256 g/mol. The van der Waals surface area contributed by atoms with E-state index in [2.05, 4.69) is 0 Å². The Labute approximate surface area is 119 Å². The van der Waals surface area contributed by atoms with Crippen LogP contribution in [0.1, 0.15) is 36.7 Å². The lowest BCUT2D eigenvalue weighted by molar-refractivity contribution is -0.139. The molecular formula is C15H22N2O3. The van der Waals surface area contributed by atoms with E-state index in [1.165, 1.54) is 0 Å². The number of anilines is 1. The molecule has 0 bridgehead atoms. The predicted molar refractivity (Wildman–Crippen MR) is 78.4 cm³/mol. The summed E-state index contributed by atoms with van der Waals surface area (Å²) in [6.07, 6.45) is -0.817. The van der Waals surface area contributed by atoms with Crippen LogP contribution in [0.15, 0.2) is 18.2 Å². The number of nitrogens with two attached hydrogens (primary N) is 1. The Balaban J connectivity index is 2.80. The summed E-state index contributed by atoms with van der Waals surface area (Å²) in [5, 5.41) is 0. The van der Waals surface area contributed by atoms with Gasteiger partial charge in [-0.3, -0.25) is 4.79 Å². The van der Waals surface area contributed by atoms with Crippen molar-refractivity contribution in [1.82, 2.24) is 4.90 Å². The van der Waals surface area contributed by atoms with Gasteiger partial charge in [0.1, 0.15) is 0 Å². The number of hydrogen-bond donors (Lipinski definition) is 1. The van der Waals surface area contributed by atoms with Gasteiger partial charge in [0.2, 0.25) is 0 Å². The standard InChI is InChI=1S/C15H22N2O3/c1-5-17(6-2)14(18)11(4)20-15(19)12-9-7-8-10(3)13(12)16/h7-9,11H,5-6,16H2,1-4H3. The lowest BCUT2D eigenvalue weighted by Crippen LogP contribution is -2.39. The maximum Gasteiger partial charge on any atom is 0.341 e. The van der Waals surface area contributed by atoms with Gasteiger partial charge in [-0.1, -0.05) is 12.1 Å². The van der Waals surface area contributed by atoms with Gasteiger partial charge >= 0.3 is 5.97 Å². The SMILES string of the molecule is CCN(CC)C(=O)C(C)OC(=O)c1cccc(C)c1N. The van der Waals surface area contributed by atoms with Crippen LogP contribution in [0.4, 0.5) is 5.69 Å². The molecule has 2 N–H and O–H groups in total. The maximum absolute atomic E-state index is 12.1. The summed E-state index contributed by atoms with van der Waals surface area (Å²) in [7, 11) is 0. The van der Waals surface area contributed by atoms with Crippen LogP contribution in [0.5, 0.6) is 0 Å². The van der Waals surface area contributed by atoms with E-state index in [0.717, 1.165) is 5.56 Å². The number of carbonyl (C=O) groups is 2. The summed E-state index contributed by atoms with van der Waals surface area (Å²) >= 11 is 0. The number of esters is 1. The van der Waals surface area contributed by atoms with Crippen molar-refractivity contribution in [3.05, 3.63) is 29.3 Å². The molecule has 1 aromatic carbocycles. The molecule has 0 aliphatic rings. The molecule has 0 spiro atoms. The number of ether oxygens (including phenoxy) is 1. The first-order valence-electron chi connectivity index (χ1n) is 6.77. The number of para-hydroxylation sites is 1. The molecule has 5 heteroatoms. The van der Waals surface area contributed by atoms with E-state index >= 15 is 0 Å². The minimum atomic E-state index is -0.817. The molecule has 0 heterocycles. The largest absolute Gasteiger partial charge is 0.449 e. The first-order valence-corrected chi connectivity index (χ1v) is 6.77. The highest BCUT2D eigenvalue weighted by atomic mass is 16.5. The molecule has 1 atom stereocenters. The van der Waals surface area contributed by atoms with Crippen LogP contribution in [0, 0.1) is 6.92 Å². The van der Waals surface area contributed by atoms with E-state index in [0.29, 0.717) is 24.3 Å².